The molecular weight excluding hydrogens is 258 g/mol. The quantitative estimate of drug-likeness (QED) is 0.774. The van der Waals surface area contributed by atoms with Gasteiger partial charge < -0.3 is 5.73 Å². The predicted molar refractivity (Wildman–Crippen MR) is 87.1 cm³/mol. The second-order valence-corrected chi connectivity index (χ2v) is 5.53. The third-order valence-electron chi connectivity index (χ3n) is 3.80. The van der Waals surface area contributed by atoms with Gasteiger partial charge in [0.05, 0.1) is 6.20 Å². The van der Waals surface area contributed by atoms with Gasteiger partial charge in [-0.25, -0.2) is 0 Å². The molecule has 0 spiro atoms. The van der Waals surface area contributed by atoms with Crippen LogP contribution in [-0.4, -0.2) is 9.78 Å². The van der Waals surface area contributed by atoms with Crippen LogP contribution in [0.15, 0.2) is 54.9 Å². The van der Waals surface area contributed by atoms with E-state index in [1.54, 1.807) is 0 Å². The Morgan fingerprint density at radius 2 is 1.95 bits per heavy atom. The Balaban J connectivity index is 1.76. The van der Waals surface area contributed by atoms with Gasteiger partial charge in [-0.1, -0.05) is 49.4 Å². The summed E-state index contributed by atoms with van der Waals surface area (Å²) in [6.07, 6.45) is 5.88. The van der Waals surface area contributed by atoms with E-state index < -0.39 is 0 Å². The maximum atomic E-state index is 6.33. The van der Waals surface area contributed by atoms with Gasteiger partial charge in [-0.2, -0.15) is 5.10 Å². The molecule has 108 valence electrons. The minimum absolute atomic E-state index is 0.00299. The average molecular weight is 279 g/mol. The van der Waals surface area contributed by atoms with Crippen LogP contribution in [-0.2, 0) is 13.0 Å². The first-order chi connectivity index (χ1) is 10.3. The molecule has 0 saturated carbocycles. The van der Waals surface area contributed by atoms with Crippen molar-refractivity contribution in [2.24, 2.45) is 5.73 Å². The minimum Gasteiger partial charge on any atom is -0.324 e. The molecule has 1 aromatic heterocycles. The van der Waals surface area contributed by atoms with Crippen molar-refractivity contribution < 1.29 is 0 Å². The lowest BCUT2D eigenvalue weighted by Gasteiger charge is -2.10. The summed E-state index contributed by atoms with van der Waals surface area (Å²) >= 11 is 0. The van der Waals surface area contributed by atoms with Gasteiger partial charge in [0.15, 0.2) is 0 Å². The van der Waals surface area contributed by atoms with Gasteiger partial charge in [0.1, 0.15) is 0 Å². The van der Waals surface area contributed by atoms with Crippen LogP contribution in [0.4, 0.5) is 0 Å². The largest absolute Gasteiger partial charge is 0.324 e. The number of hydrogen-bond donors (Lipinski definition) is 1. The Morgan fingerprint density at radius 1 is 1.14 bits per heavy atom. The molecule has 1 atom stereocenters. The normalized spacial score (nSPS) is 12.7. The minimum atomic E-state index is -0.00299. The number of nitrogens with two attached hydrogens (primary N) is 1. The molecule has 0 aliphatic heterocycles. The van der Waals surface area contributed by atoms with Gasteiger partial charge in [-0.05, 0) is 29.2 Å². The molecule has 1 unspecified atom stereocenters. The van der Waals surface area contributed by atoms with E-state index in [4.69, 9.17) is 5.73 Å². The first-order valence-corrected chi connectivity index (χ1v) is 7.52. The number of aromatic nitrogens is 2. The summed E-state index contributed by atoms with van der Waals surface area (Å²) in [5, 5.41) is 6.89. The lowest BCUT2D eigenvalue weighted by molar-refractivity contribution is 0.601. The molecule has 3 nitrogen and oxygen atoms in total. The Hall–Kier alpha value is -2.13. The zero-order valence-corrected chi connectivity index (χ0v) is 12.4. The summed E-state index contributed by atoms with van der Waals surface area (Å²) in [6, 6.07) is 15.0. The molecule has 1 heterocycles. The van der Waals surface area contributed by atoms with E-state index in [2.05, 4.69) is 60.7 Å². The van der Waals surface area contributed by atoms with Crippen LogP contribution < -0.4 is 5.73 Å². The van der Waals surface area contributed by atoms with E-state index in [0.29, 0.717) is 0 Å². The van der Waals surface area contributed by atoms with Crippen molar-refractivity contribution in [1.82, 2.24) is 9.78 Å². The van der Waals surface area contributed by atoms with Crippen LogP contribution in [0.25, 0.3) is 10.8 Å². The van der Waals surface area contributed by atoms with Crippen molar-refractivity contribution in [3.8, 4) is 0 Å². The first-order valence-electron chi connectivity index (χ1n) is 7.52. The van der Waals surface area contributed by atoms with Crippen molar-refractivity contribution in [2.75, 3.05) is 0 Å². The van der Waals surface area contributed by atoms with Crippen LogP contribution in [0.3, 0.4) is 0 Å². The van der Waals surface area contributed by atoms with Crippen molar-refractivity contribution in [3.05, 3.63) is 66.0 Å². The van der Waals surface area contributed by atoms with Crippen LogP contribution in [0, 0.1) is 0 Å². The maximum Gasteiger partial charge on any atom is 0.0537 e. The van der Waals surface area contributed by atoms with E-state index >= 15 is 0 Å². The summed E-state index contributed by atoms with van der Waals surface area (Å²) < 4.78 is 1.97. The number of hydrogen-bond acceptors (Lipinski definition) is 2. The molecular formula is C18H21N3. The number of nitrogens with zero attached hydrogens (tertiary/aromatic N) is 2. The fraction of sp³-hybridized carbons (Fsp3) is 0.278. The molecule has 0 amide bonds. The van der Waals surface area contributed by atoms with E-state index in [-0.39, 0.29) is 6.04 Å². The predicted octanol–water partition coefficient (Wildman–Crippen LogP) is 3.69. The van der Waals surface area contributed by atoms with Gasteiger partial charge in [-0.15, -0.1) is 0 Å². The van der Waals surface area contributed by atoms with Crippen molar-refractivity contribution in [2.45, 2.75) is 32.4 Å². The summed E-state index contributed by atoms with van der Waals surface area (Å²) in [6.45, 7) is 3.10. The van der Waals surface area contributed by atoms with Gasteiger partial charge in [0.25, 0.3) is 0 Å². The number of fused-ring (bicyclic) bond motifs is 1. The monoisotopic (exact) mass is 279 g/mol. The summed E-state index contributed by atoms with van der Waals surface area (Å²) in [5.41, 5.74) is 8.70. The highest BCUT2D eigenvalue weighted by atomic mass is 15.3. The zero-order chi connectivity index (χ0) is 14.7. The summed E-state index contributed by atoms with van der Waals surface area (Å²) in [5.74, 6) is 0. The average Bonchev–Trinajstić information content (AvgIpc) is 2.96. The fourth-order valence-electron chi connectivity index (χ4n) is 2.66. The Bertz CT molecular complexity index is 730. The molecule has 3 heteroatoms. The number of aryl methyl sites for hydroxylation is 1. The smallest absolute Gasteiger partial charge is 0.0537 e. The first kappa shape index (κ1) is 13.8. The zero-order valence-electron chi connectivity index (χ0n) is 12.4. The number of rotatable bonds is 5. The molecule has 0 saturated heterocycles. The van der Waals surface area contributed by atoms with Gasteiger partial charge in [0, 0.05) is 24.3 Å². The van der Waals surface area contributed by atoms with Crippen LogP contribution in [0.2, 0.25) is 0 Å². The summed E-state index contributed by atoms with van der Waals surface area (Å²) in [4.78, 5) is 0. The highest BCUT2D eigenvalue weighted by molar-refractivity contribution is 5.83. The molecule has 0 bridgehead atoms. The lowest BCUT2D eigenvalue weighted by atomic mass is 9.99. The highest BCUT2D eigenvalue weighted by Gasteiger charge is 2.10. The second-order valence-electron chi connectivity index (χ2n) is 5.53. The SMILES string of the molecule is CCCn1cc(C(N)Cc2ccc3ccccc3c2)cn1. The fourth-order valence-corrected chi connectivity index (χ4v) is 2.66. The lowest BCUT2D eigenvalue weighted by Crippen LogP contribution is -2.12. The molecule has 2 N–H and O–H groups in total. The Kier molecular flexibility index (Phi) is 4.02. The standard InChI is InChI=1S/C18H21N3/c1-2-9-21-13-17(12-20-21)18(19)11-14-7-8-15-5-3-4-6-16(15)10-14/h3-8,10,12-13,18H,2,9,11,19H2,1H3. The van der Waals surface area contributed by atoms with Gasteiger partial charge >= 0.3 is 0 Å². The third kappa shape index (κ3) is 3.14. The molecule has 2 aromatic carbocycles. The number of benzene rings is 2. The van der Waals surface area contributed by atoms with Crippen molar-refractivity contribution in [1.29, 1.82) is 0 Å². The molecule has 0 aliphatic rings. The highest BCUT2D eigenvalue weighted by Crippen LogP contribution is 2.20. The van der Waals surface area contributed by atoms with Crippen LogP contribution in [0.1, 0.15) is 30.5 Å². The maximum absolute atomic E-state index is 6.33. The topological polar surface area (TPSA) is 43.8 Å². The third-order valence-corrected chi connectivity index (χ3v) is 3.80. The second kappa shape index (κ2) is 6.10. The van der Waals surface area contributed by atoms with Crippen LogP contribution in [0.5, 0.6) is 0 Å². The van der Waals surface area contributed by atoms with Crippen molar-refractivity contribution in [3.63, 3.8) is 0 Å². The molecule has 0 fully saturated rings. The molecule has 3 aromatic rings. The van der Waals surface area contributed by atoms with Gasteiger partial charge in [-0.3, -0.25) is 4.68 Å². The summed E-state index contributed by atoms with van der Waals surface area (Å²) in [7, 11) is 0. The molecule has 0 aliphatic carbocycles. The van der Waals surface area contributed by atoms with E-state index in [9.17, 15) is 0 Å². The Morgan fingerprint density at radius 3 is 2.76 bits per heavy atom. The molecule has 21 heavy (non-hydrogen) atoms. The molecule has 3 rings (SSSR count). The molecule has 0 radical (unpaired) electrons. The van der Waals surface area contributed by atoms with E-state index in [1.807, 2.05) is 10.9 Å². The Labute approximate surface area is 125 Å². The van der Waals surface area contributed by atoms with E-state index in [1.165, 1.54) is 16.3 Å². The van der Waals surface area contributed by atoms with Gasteiger partial charge in [0.2, 0.25) is 0 Å². The van der Waals surface area contributed by atoms with Crippen molar-refractivity contribution >= 4 is 10.8 Å². The van der Waals surface area contributed by atoms with Crippen LogP contribution >= 0.6 is 0 Å². The van der Waals surface area contributed by atoms with E-state index in [0.717, 1.165) is 24.9 Å².